The lowest BCUT2D eigenvalue weighted by Gasteiger charge is -2.72. The summed E-state index contributed by atoms with van der Waals surface area (Å²) in [6, 6.07) is 0. The molecule has 4 aliphatic carbocycles. The lowest BCUT2D eigenvalue weighted by molar-refractivity contribution is -0.251. The number of aliphatic hydroxyl groups is 3. The predicted molar refractivity (Wildman–Crippen MR) is 150 cm³/mol. The number of ether oxygens (including phenoxy) is 2. The van der Waals surface area contributed by atoms with Gasteiger partial charge in [0.2, 0.25) is 0 Å². The molecule has 0 saturated heterocycles. The minimum atomic E-state index is -1.28. The van der Waals surface area contributed by atoms with E-state index in [4.69, 9.17) is 9.47 Å². The van der Waals surface area contributed by atoms with Crippen LogP contribution in [-0.4, -0.2) is 51.3 Å². The summed E-state index contributed by atoms with van der Waals surface area (Å²) in [5.41, 5.74) is -0.637. The molecule has 0 radical (unpaired) electrons. The average Bonchev–Trinajstić information content (AvgIpc) is 2.99. The topological polar surface area (TPSA) is 96.2 Å². The maximum absolute atomic E-state index is 12.3. The fourth-order valence-corrected chi connectivity index (χ4v) is 11.3. The third kappa shape index (κ3) is 3.65. The molecule has 222 valence electrons. The van der Waals surface area contributed by atoms with E-state index in [0.29, 0.717) is 24.0 Å². The first-order chi connectivity index (χ1) is 17.8. The minimum absolute atomic E-state index is 0.0349. The molecule has 3 saturated carbocycles. The number of allylic oxidation sites excluding steroid dienone is 1. The van der Waals surface area contributed by atoms with E-state index < -0.39 is 35.3 Å². The fourth-order valence-electron chi connectivity index (χ4n) is 11.3. The zero-order valence-corrected chi connectivity index (χ0v) is 26.1. The van der Waals surface area contributed by atoms with Crippen LogP contribution in [0.2, 0.25) is 0 Å². The Hall–Kier alpha value is -1.11. The summed E-state index contributed by atoms with van der Waals surface area (Å²) in [6.07, 6.45) is 4.32. The van der Waals surface area contributed by atoms with E-state index in [1.54, 1.807) is 13.8 Å². The van der Waals surface area contributed by atoms with Gasteiger partial charge in [-0.2, -0.15) is 0 Å². The van der Waals surface area contributed by atoms with Crippen LogP contribution in [0.15, 0.2) is 11.3 Å². The van der Waals surface area contributed by atoms with Crippen LogP contribution in [0.4, 0.5) is 0 Å². The molecular formula is C33H54O6. The highest BCUT2D eigenvalue weighted by Gasteiger charge is 2.74. The van der Waals surface area contributed by atoms with Crippen molar-refractivity contribution in [2.75, 3.05) is 0 Å². The number of carbonyl (C=O) groups excluding carboxylic acids is 1. The lowest BCUT2D eigenvalue weighted by atomic mass is 9.32. The molecule has 6 heteroatoms. The third-order valence-electron chi connectivity index (χ3n) is 13.7. The minimum Gasteiger partial charge on any atom is -0.488 e. The molecule has 5 rings (SSSR count). The third-order valence-corrected chi connectivity index (χ3v) is 13.7. The number of carbonyl (C=O) groups is 1. The summed E-state index contributed by atoms with van der Waals surface area (Å²) >= 11 is 0. The van der Waals surface area contributed by atoms with Gasteiger partial charge in [0.25, 0.3) is 0 Å². The van der Waals surface area contributed by atoms with Crippen LogP contribution in [0, 0.1) is 44.8 Å². The molecule has 6 nitrogen and oxygen atoms in total. The number of rotatable bonds is 3. The van der Waals surface area contributed by atoms with E-state index in [-0.39, 0.29) is 33.7 Å². The Morgan fingerprint density at radius 1 is 0.974 bits per heavy atom. The summed E-state index contributed by atoms with van der Waals surface area (Å²) in [6.45, 7) is 21.1. The van der Waals surface area contributed by atoms with Crippen molar-refractivity contribution >= 4 is 5.97 Å². The van der Waals surface area contributed by atoms with E-state index in [2.05, 4.69) is 48.5 Å². The Kier molecular flexibility index (Phi) is 6.56. The highest BCUT2D eigenvalue weighted by molar-refractivity contribution is 5.66. The first kappa shape index (κ1) is 29.4. The summed E-state index contributed by atoms with van der Waals surface area (Å²) in [5, 5.41) is 34.2. The zero-order chi connectivity index (χ0) is 29.1. The molecular weight excluding hydrogens is 492 g/mol. The second-order valence-corrected chi connectivity index (χ2v) is 16.2. The first-order valence-corrected chi connectivity index (χ1v) is 15.4. The van der Waals surface area contributed by atoms with Crippen LogP contribution in [0.5, 0.6) is 0 Å². The van der Waals surface area contributed by atoms with Crippen molar-refractivity contribution < 1.29 is 29.6 Å². The van der Waals surface area contributed by atoms with Crippen LogP contribution in [0.3, 0.4) is 0 Å². The van der Waals surface area contributed by atoms with Crippen molar-refractivity contribution in [3.05, 3.63) is 11.3 Å². The smallest absolute Gasteiger partial charge is 0.303 e. The van der Waals surface area contributed by atoms with Crippen molar-refractivity contribution in [3.8, 4) is 0 Å². The van der Waals surface area contributed by atoms with Crippen molar-refractivity contribution in [1.29, 1.82) is 0 Å². The van der Waals surface area contributed by atoms with Crippen molar-refractivity contribution in [1.82, 2.24) is 0 Å². The molecule has 0 unspecified atom stereocenters. The maximum Gasteiger partial charge on any atom is 0.303 e. The Bertz CT molecular complexity index is 1060. The molecule has 0 aromatic rings. The van der Waals surface area contributed by atoms with Gasteiger partial charge in [-0.15, -0.1) is 0 Å². The van der Waals surface area contributed by atoms with Crippen LogP contribution < -0.4 is 0 Å². The van der Waals surface area contributed by atoms with Crippen LogP contribution in [0.25, 0.3) is 0 Å². The van der Waals surface area contributed by atoms with Gasteiger partial charge in [0.15, 0.2) is 6.10 Å². The van der Waals surface area contributed by atoms with Gasteiger partial charge in [-0.3, -0.25) is 4.79 Å². The molecule has 0 aromatic heterocycles. The van der Waals surface area contributed by atoms with Crippen LogP contribution in [0.1, 0.15) is 114 Å². The van der Waals surface area contributed by atoms with E-state index in [0.717, 1.165) is 38.5 Å². The second-order valence-electron chi connectivity index (χ2n) is 16.2. The van der Waals surface area contributed by atoms with Gasteiger partial charge in [0, 0.05) is 17.8 Å². The quantitative estimate of drug-likeness (QED) is 0.389. The number of hydrogen-bond donors (Lipinski definition) is 3. The van der Waals surface area contributed by atoms with E-state index in [1.807, 2.05) is 0 Å². The van der Waals surface area contributed by atoms with Gasteiger partial charge in [0.05, 0.1) is 11.7 Å². The normalized spacial score (nSPS) is 49.7. The first-order valence-electron chi connectivity index (χ1n) is 15.4. The largest absolute Gasteiger partial charge is 0.488 e. The predicted octanol–water partition coefficient (Wildman–Crippen LogP) is 5.77. The number of esters is 1. The molecule has 0 aromatic carbocycles. The molecule has 3 fully saturated rings. The fraction of sp³-hybridized carbons (Fsp3) is 0.909. The molecule has 39 heavy (non-hydrogen) atoms. The highest BCUT2D eigenvalue weighted by Crippen LogP contribution is 2.78. The van der Waals surface area contributed by atoms with Gasteiger partial charge >= 0.3 is 5.97 Å². The lowest BCUT2D eigenvalue weighted by Crippen LogP contribution is -2.67. The van der Waals surface area contributed by atoms with Gasteiger partial charge in [-0.1, -0.05) is 48.5 Å². The van der Waals surface area contributed by atoms with Gasteiger partial charge in [0.1, 0.15) is 18.0 Å². The monoisotopic (exact) mass is 546 g/mol. The van der Waals surface area contributed by atoms with Crippen molar-refractivity contribution in [2.45, 2.75) is 144 Å². The summed E-state index contributed by atoms with van der Waals surface area (Å²) in [7, 11) is 0. The van der Waals surface area contributed by atoms with E-state index in [9.17, 15) is 20.1 Å². The van der Waals surface area contributed by atoms with Crippen molar-refractivity contribution in [3.63, 3.8) is 0 Å². The Balaban J connectivity index is 1.54. The molecule has 0 spiro atoms. The van der Waals surface area contributed by atoms with Gasteiger partial charge < -0.3 is 24.8 Å². The molecule has 1 aliphatic heterocycles. The van der Waals surface area contributed by atoms with Crippen molar-refractivity contribution in [2.24, 2.45) is 44.8 Å². The summed E-state index contributed by atoms with van der Waals surface area (Å²) < 4.78 is 12.3. The summed E-state index contributed by atoms with van der Waals surface area (Å²) in [4.78, 5) is 12.0. The van der Waals surface area contributed by atoms with Crippen LogP contribution >= 0.6 is 0 Å². The SMILES string of the molecule is CC(=O)O[C@H]([C@H]1C[C@@H](C)C2=C(O1)[C@H](O)[C@@]1(C)[C@@H]3CC[C@H]4C(C)(C)[C@@H](O)CC[C@]4(C)[C@]3(C)CC[C@]21C)C(C)(C)O. The molecule has 0 bridgehead atoms. The number of aliphatic hydroxyl groups excluding tert-OH is 2. The van der Waals surface area contributed by atoms with E-state index in [1.165, 1.54) is 12.5 Å². The maximum atomic E-state index is 12.3. The molecule has 5 aliphatic rings. The molecule has 3 N–H and O–H groups in total. The molecule has 11 atom stereocenters. The van der Waals surface area contributed by atoms with E-state index >= 15 is 0 Å². The molecule has 0 amide bonds. The standard InChI is InChI=1S/C33H54O6/c1-18-17-20(27(29(5,6)37)38-19(2)34)39-25-24(18)32(9)16-15-31(8)22(33(32,10)26(25)36)12-11-21-28(3,4)23(35)13-14-30(21,31)7/h18,20-23,26-27,35-37H,11-17H2,1-10H3/t18-,20-,21+,22-,23+,26+,27-,30+,31-,32-,33-/m1/s1. The zero-order valence-electron chi connectivity index (χ0n) is 26.1. The summed E-state index contributed by atoms with van der Waals surface area (Å²) in [5.74, 6) is 1.12. The van der Waals surface area contributed by atoms with Crippen LogP contribution in [-0.2, 0) is 14.3 Å². The number of fused-ring (bicyclic) bond motifs is 6. The average molecular weight is 547 g/mol. The van der Waals surface area contributed by atoms with Gasteiger partial charge in [-0.25, -0.2) is 0 Å². The van der Waals surface area contributed by atoms with Gasteiger partial charge in [-0.05, 0) is 98.4 Å². The molecule has 1 heterocycles. The number of hydrogen-bond acceptors (Lipinski definition) is 6. The highest BCUT2D eigenvalue weighted by atomic mass is 16.6. The second kappa shape index (κ2) is 8.70. The Morgan fingerprint density at radius 3 is 2.15 bits per heavy atom. The Morgan fingerprint density at radius 2 is 1.56 bits per heavy atom. The Labute approximate surface area is 235 Å².